The van der Waals surface area contributed by atoms with Crippen LogP contribution in [0.4, 0.5) is 0 Å². The van der Waals surface area contributed by atoms with Gasteiger partial charge in [-0.25, -0.2) is 4.99 Å². The molecule has 134 valence electrons. The predicted molar refractivity (Wildman–Crippen MR) is 99.5 cm³/mol. The molecule has 0 bridgehead atoms. The van der Waals surface area contributed by atoms with Crippen LogP contribution in [0.3, 0.4) is 0 Å². The molecule has 6 heteroatoms. The summed E-state index contributed by atoms with van der Waals surface area (Å²) in [6.45, 7) is 4.97. The van der Waals surface area contributed by atoms with Crippen LogP contribution in [0.15, 0.2) is 41.5 Å². The minimum atomic E-state index is 0.585. The van der Waals surface area contributed by atoms with Crippen molar-refractivity contribution in [3.63, 3.8) is 0 Å². The van der Waals surface area contributed by atoms with Gasteiger partial charge in [0.05, 0.1) is 25.4 Å². The molecule has 1 aliphatic carbocycles. The van der Waals surface area contributed by atoms with Crippen molar-refractivity contribution in [3.05, 3.63) is 47.8 Å². The fourth-order valence-electron chi connectivity index (χ4n) is 2.52. The first-order chi connectivity index (χ1) is 12.3. The summed E-state index contributed by atoms with van der Waals surface area (Å²) in [4.78, 5) is 4.70. The van der Waals surface area contributed by atoms with Crippen molar-refractivity contribution in [2.24, 2.45) is 18.0 Å². The van der Waals surface area contributed by atoms with Crippen LogP contribution in [0.2, 0.25) is 0 Å². The summed E-state index contributed by atoms with van der Waals surface area (Å²) < 4.78 is 7.82. The zero-order valence-corrected chi connectivity index (χ0v) is 15.0. The van der Waals surface area contributed by atoms with Crippen molar-refractivity contribution in [3.8, 4) is 5.75 Å². The average Bonchev–Trinajstić information content (AvgIpc) is 3.37. The molecule has 6 nitrogen and oxygen atoms in total. The van der Waals surface area contributed by atoms with Gasteiger partial charge in [-0.05, 0) is 37.8 Å². The molecule has 0 saturated heterocycles. The van der Waals surface area contributed by atoms with Gasteiger partial charge >= 0.3 is 0 Å². The smallest absolute Gasteiger partial charge is 0.191 e. The molecule has 1 saturated carbocycles. The number of nitrogens with zero attached hydrogens (tertiary/aromatic N) is 3. The predicted octanol–water partition coefficient (Wildman–Crippen LogP) is 2.46. The third-order valence-corrected chi connectivity index (χ3v) is 4.26. The van der Waals surface area contributed by atoms with Crippen LogP contribution in [-0.2, 0) is 20.1 Å². The zero-order chi connectivity index (χ0) is 17.5. The molecule has 3 rings (SSSR count). The van der Waals surface area contributed by atoms with Crippen molar-refractivity contribution in [1.29, 1.82) is 0 Å². The standard InChI is InChI=1S/C19H27N5O/c1-3-20-19(22-13-17-10-11-23-24(17)2)21-12-16-6-4-5-7-18(16)25-14-15-8-9-15/h4-7,10-11,15H,3,8-9,12-14H2,1-2H3,(H2,20,21,22). The fraction of sp³-hybridized carbons (Fsp3) is 0.474. The van der Waals surface area contributed by atoms with Gasteiger partial charge in [-0.15, -0.1) is 0 Å². The van der Waals surface area contributed by atoms with Gasteiger partial charge in [0.2, 0.25) is 0 Å². The maximum absolute atomic E-state index is 5.97. The van der Waals surface area contributed by atoms with Crippen LogP contribution >= 0.6 is 0 Å². The number of hydrogen-bond acceptors (Lipinski definition) is 3. The third kappa shape index (κ3) is 5.24. The highest BCUT2D eigenvalue weighted by atomic mass is 16.5. The Morgan fingerprint density at radius 1 is 1.28 bits per heavy atom. The first kappa shape index (κ1) is 17.3. The summed E-state index contributed by atoms with van der Waals surface area (Å²) in [5.74, 6) is 2.48. The number of aryl methyl sites for hydroxylation is 1. The molecule has 25 heavy (non-hydrogen) atoms. The number of ether oxygens (including phenoxy) is 1. The number of aromatic nitrogens is 2. The van der Waals surface area contributed by atoms with Gasteiger partial charge < -0.3 is 15.4 Å². The molecule has 0 atom stereocenters. The Balaban J connectivity index is 1.61. The van der Waals surface area contributed by atoms with Crippen molar-refractivity contribution in [2.45, 2.75) is 32.9 Å². The lowest BCUT2D eigenvalue weighted by atomic mass is 10.2. The highest BCUT2D eigenvalue weighted by Crippen LogP contribution is 2.30. The molecule has 0 unspecified atom stereocenters. The Labute approximate surface area is 149 Å². The summed E-state index contributed by atoms with van der Waals surface area (Å²) in [7, 11) is 1.94. The highest BCUT2D eigenvalue weighted by molar-refractivity contribution is 5.79. The van der Waals surface area contributed by atoms with Crippen LogP contribution in [0, 0.1) is 5.92 Å². The molecule has 0 radical (unpaired) electrons. The second kappa shape index (κ2) is 8.55. The largest absolute Gasteiger partial charge is 0.493 e. The average molecular weight is 341 g/mol. The van der Waals surface area contributed by atoms with E-state index in [2.05, 4.69) is 28.7 Å². The van der Waals surface area contributed by atoms with Gasteiger partial charge in [-0.2, -0.15) is 5.10 Å². The van der Waals surface area contributed by atoms with E-state index in [1.54, 1.807) is 6.20 Å². The zero-order valence-electron chi connectivity index (χ0n) is 15.0. The van der Waals surface area contributed by atoms with Gasteiger partial charge in [0, 0.05) is 25.4 Å². The topological polar surface area (TPSA) is 63.5 Å². The number of nitrogens with one attached hydrogen (secondary N) is 2. The quantitative estimate of drug-likeness (QED) is 0.572. The number of aliphatic imine (C=N–C) groups is 1. The molecule has 0 aliphatic heterocycles. The lowest BCUT2D eigenvalue weighted by Gasteiger charge is -2.13. The third-order valence-electron chi connectivity index (χ3n) is 4.26. The normalized spacial score (nSPS) is 14.4. The molecule has 2 N–H and O–H groups in total. The molecule has 1 fully saturated rings. The van der Waals surface area contributed by atoms with Crippen LogP contribution in [-0.4, -0.2) is 28.9 Å². The van der Waals surface area contributed by atoms with E-state index in [1.807, 2.05) is 36.0 Å². The highest BCUT2D eigenvalue weighted by Gasteiger charge is 2.22. The van der Waals surface area contributed by atoms with E-state index in [-0.39, 0.29) is 0 Å². The number of benzene rings is 1. The van der Waals surface area contributed by atoms with Gasteiger partial charge in [-0.1, -0.05) is 18.2 Å². The number of guanidine groups is 1. The van der Waals surface area contributed by atoms with Crippen LogP contribution < -0.4 is 15.4 Å². The monoisotopic (exact) mass is 341 g/mol. The van der Waals surface area contributed by atoms with E-state index in [9.17, 15) is 0 Å². The number of hydrogen-bond donors (Lipinski definition) is 2. The fourth-order valence-corrected chi connectivity index (χ4v) is 2.52. The SMILES string of the molecule is CCNC(=NCc1ccccc1OCC1CC1)NCc1ccnn1C. The molecular formula is C19H27N5O. The van der Waals surface area contributed by atoms with Gasteiger partial charge in [0.25, 0.3) is 0 Å². The molecule has 1 aromatic heterocycles. The number of para-hydroxylation sites is 1. The lowest BCUT2D eigenvalue weighted by Crippen LogP contribution is -2.37. The second-order valence-electron chi connectivity index (χ2n) is 6.36. The van der Waals surface area contributed by atoms with Crippen LogP contribution in [0.1, 0.15) is 31.0 Å². The van der Waals surface area contributed by atoms with E-state index in [4.69, 9.17) is 9.73 Å². The summed E-state index contributed by atoms with van der Waals surface area (Å²) in [5, 5.41) is 10.8. The van der Waals surface area contributed by atoms with E-state index in [1.165, 1.54) is 12.8 Å². The molecule has 1 heterocycles. The van der Waals surface area contributed by atoms with Crippen molar-refractivity contribution < 1.29 is 4.74 Å². The molecule has 2 aromatic rings. The first-order valence-electron chi connectivity index (χ1n) is 8.96. The first-order valence-corrected chi connectivity index (χ1v) is 8.96. The minimum absolute atomic E-state index is 0.585. The van der Waals surface area contributed by atoms with E-state index >= 15 is 0 Å². The molecular weight excluding hydrogens is 314 g/mol. The van der Waals surface area contributed by atoms with Crippen molar-refractivity contribution in [1.82, 2.24) is 20.4 Å². The Bertz CT molecular complexity index is 705. The maximum Gasteiger partial charge on any atom is 0.191 e. The molecule has 1 aliphatic rings. The van der Waals surface area contributed by atoms with E-state index in [0.717, 1.165) is 42.0 Å². The van der Waals surface area contributed by atoms with Crippen LogP contribution in [0.5, 0.6) is 5.75 Å². The van der Waals surface area contributed by atoms with Gasteiger partial charge in [0.15, 0.2) is 5.96 Å². The Hall–Kier alpha value is -2.50. The summed E-state index contributed by atoms with van der Waals surface area (Å²) >= 11 is 0. The Morgan fingerprint density at radius 2 is 2.12 bits per heavy atom. The summed E-state index contributed by atoms with van der Waals surface area (Å²) in [6, 6.07) is 10.2. The Kier molecular flexibility index (Phi) is 5.93. The van der Waals surface area contributed by atoms with Crippen molar-refractivity contribution >= 4 is 5.96 Å². The van der Waals surface area contributed by atoms with Crippen molar-refractivity contribution in [2.75, 3.05) is 13.2 Å². The van der Waals surface area contributed by atoms with Gasteiger partial charge in [0.1, 0.15) is 5.75 Å². The van der Waals surface area contributed by atoms with E-state index in [0.29, 0.717) is 13.1 Å². The second-order valence-corrected chi connectivity index (χ2v) is 6.36. The Morgan fingerprint density at radius 3 is 2.84 bits per heavy atom. The van der Waals surface area contributed by atoms with E-state index < -0.39 is 0 Å². The maximum atomic E-state index is 5.97. The minimum Gasteiger partial charge on any atom is -0.493 e. The summed E-state index contributed by atoms with van der Waals surface area (Å²) in [5.41, 5.74) is 2.22. The molecule has 1 aromatic carbocycles. The van der Waals surface area contributed by atoms with Gasteiger partial charge in [-0.3, -0.25) is 4.68 Å². The van der Waals surface area contributed by atoms with Crippen LogP contribution in [0.25, 0.3) is 0 Å². The molecule has 0 amide bonds. The molecule has 0 spiro atoms. The summed E-state index contributed by atoms with van der Waals surface area (Å²) in [6.07, 6.45) is 4.39. The number of rotatable bonds is 8. The lowest BCUT2D eigenvalue weighted by molar-refractivity contribution is 0.297.